The molecule has 48 heavy (non-hydrogen) atoms. The monoisotopic (exact) mass is 693 g/mol. The molecular formula is C34H30ClF2N5O5S. The van der Waals surface area contributed by atoms with Crippen LogP contribution in [0.15, 0.2) is 48.7 Å². The fourth-order valence-corrected chi connectivity index (χ4v) is 7.02. The zero-order chi connectivity index (χ0) is 34.1. The van der Waals surface area contributed by atoms with E-state index in [2.05, 4.69) is 15.4 Å². The molecule has 1 saturated carbocycles. The van der Waals surface area contributed by atoms with Gasteiger partial charge >= 0.3 is 0 Å². The Labute approximate surface area is 282 Å². The van der Waals surface area contributed by atoms with Crippen molar-refractivity contribution in [2.75, 3.05) is 20.3 Å². The Hall–Kier alpha value is -4.59. The minimum Gasteiger partial charge on any atom is -0.494 e. The summed E-state index contributed by atoms with van der Waals surface area (Å²) >= 11 is 7.31. The number of nitrogens with two attached hydrogens (primary N) is 1. The summed E-state index contributed by atoms with van der Waals surface area (Å²) in [5.41, 5.74) is 3.23. The van der Waals surface area contributed by atoms with Gasteiger partial charge in [0.25, 0.3) is 5.91 Å². The van der Waals surface area contributed by atoms with E-state index in [9.17, 15) is 19.1 Å². The number of carbonyl (C=O) groups is 2. The Kier molecular flexibility index (Phi) is 7.68. The van der Waals surface area contributed by atoms with Gasteiger partial charge in [-0.1, -0.05) is 11.6 Å². The number of pyridine rings is 1. The van der Waals surface area contributed by atoms with Crippen molar-refractivity contribution in [3.05, 3.63) is 91.9 Å². The van der Waals surface area contributed by atoms with Crippen LogP contribution >= 0.6 is 22.9 Å². The minimum absolute atomic E-state index is 0.0324. The van der Waals surface area contributed by atoms with E-state index < -0.39 is 34.5 Å². The van der Waals surface area contributed by atoms with E-state index in [0.717, 1.165) is 29.2 Å². The molecule has 5 aromatic rings. The van der Waals surface area contributed by atoms with Crippen LogP contribution in [0.25, 0.3) is 22.2 Å². The highest BCUT2D eigenvalue weighted by Gasteiger charge is 2.46. The molecule has 1 unspecified atom stereocenters. The Bertz CT molecular complexity index is 2150. The van der Waals surface area contributed by atoms with Crippen molar-refractivity contribution < 1.29 is 33.0 Å². The van der Waals surface area contributed by atoms with Gasteiger partial charge in [0, 0.05) is 44.1 Å². The number of aryl methyl sites for hydroxylation is 1. The van der Waals surface area contributed by atoms with Crippen LogP contribution in [0, 0.1) is 18.6 Å². The molecule has 0 radical (unpaired) electrons. The van der Waals surface area contributed by atoms with Gasteiger partial charge in [0.1, 0.15) is 46.4 Å². The second-order valence-corrected chi connectivity index (χ2v) is 14.1. The number of hydrogen-bond donors (Lipinski definition) is 3. The van der Waals surface area contributed by atoms with E-state index in [1.807, 2.05) is 17.8 Å². The third kappa shape index (κ3) is 5.26. The number of rotatable bonds is 9. The molecular weight excluding hydrogens is 664 g/mol. The summed E-state index contributed by atoms with van der Waals surface area (Å²) in [6.45, 7) is 2.86. The summed E-state index contributed by atoms with van der Waals surface area (Å²) in [5.74, 6) is -2.72. The summed E-state index contributed by atoms with van der Waals surface area (Å²) < 4.78 is 42.8. The number of nitrogens with one attached hydrogen (secondary N) is 1. The summed E-state index contributed by atoms with van der Waals surface area (Å²) in [4.78, 5) is 32.4. The van der Waals surface area contributed by atoms with Crippen LogP contribution in [0.5, 0.6) is 11.5 Å². The number of thiophene rings is 1. The molecule has 14 heteroatoms. The number of aromatic nitrogens is 3. The Balaban J connectivity index is 1.33. The highest BCUT2D eigenvalue weighted by Crippen LogP contribution is 2.47. The molecule has 2 aromatic carbocycles. The van der Waals surface area contributed by atoms with Crippen LogP contribution in [0.4, 0.5) is 8.78 Å². The highest BCUT2D eigenvalue weighted by molar-refractivity contribution is 7.12. The summed E-state index contributed by atoms with van der Waals surface area (Å²) in [7, 11) is 1.50. The highest BCUT2D eigenvalue weighted by atomic mass is 35.5. The smallest absolute Gasteiger partial charge is 0.251 e. The number of carbonyl (C=O) groups excluding carboxylic acids is 2. The van der Waals surface area contributed by atoms with E-state index in [0.29, 0.717) is 28.3 Å². The van der Waals surface area contributed by atoms with E-state index in [1.54, 1.807) is 31.2 Å². The van der Waals surface area contributed by atoms with Crippen molar-refractivity contribution in [3.8, 4) is 22.8 Å². The quantitative estimate of drug-likeness (QED) is 0.172. The van der Waals surface area contributed by atoms with Crippen LogP contribution in [-0.2, 0) is 15.8 Å². The number of primary amides is 1. The van der Waals surface area contributed by atoms with E-state index in [-0.39, 0.29) is 52.0 Å². The lowest BCUT2D eigenvalue weighted by Crippen LogP contribution is -2.43. The van der Waals surface area contributed by atoms with Crippen LogP contribution < -0.4 is 20.5 Å². The first-order chi connectivity index (χ1) is 22.8. The first-order valence-electron chi connectivity index (χ1n) is 15.1. The largest absolute Gasteiger partial charge is 0.494 e. The number of nitrogens with zero attached hydrogens (tertiary/aromatic N) is 3. The fourth-order valence-electron chi connectivity index (χ4n) is 5.89. The number of ether oxygens (including phenoxy) is 2. The lowest BCUT2D eigenvalue weighted by Gasteiger charge is -2.29. The number of fused-ring (bicyclic) bond motifs is 2. The van der Waals surface area contributed by atoms with Gasteiger partial charge in [0.05, 0.1) is 30.4 Å². The summed E-state index contributed by atoms with van der Waals surface area (Å²) in [6, 6.07) is 10.3. The molecule has 10 nitrogen and oxygen atoms in total. The van der Waals surface area contributed by atoms with Gasteiger partial charge < -0.3 is 25.6 Å². The number of halogens is 3. The van der Waals surface area contributed by atoms with Gasteiger partial charge in [-0.05, 0) is 63.1 Å². The van der Waals surface area contributed by atoms with Crippen molar-refractivity contribution in [1.29, 1.82) is 0 Å². The van der Waals surface area contributed by atoms with Crippen LogP contribution in [-0.4, -0.2) is 51.9 Å². The molecule has 1 aliphatic carbocycles. The summed E-state index contributed by atoms with van der Waals surface area (Å²) in [6.07, 6.45) is 3.95. The Morgan fingerprint density at radius 1 is 1.23 bits per heavy atom. The average molecular weight is 694 g/mol. The van der Waals surface area contributed by atoms with E-state index in [4.69, 9.17) is 26.8 Å². The topological polar surface area (TPSA) is 142 Å². The second-order valence-electron chi connectivity index (χ2n) is 12.4. The van der Waals surface area contributed by atoms with Crippen molar-refractivity contribution in [1.82, 2.24) is 20.1 Å². The fraction of sp³-hybridized carbons (Fsp3) is 0.294. The number of aliphatic hydroxyl groups is 1. The number of hydrogen-bond acceptors (Lipinski definition) is 8. The molecule has 248 valence electrons. The molecule has 3 aromatic heterocycles. The lowest BCUT2D eigenvalue weighted by atomic mass is 9.81. The molecule has 0 saturated heterocycles. The average Bonchev–Trinajstić information content (AvgIpc) is 3.50. The molecule has 2 atom stereocenters. The zero-order valence-electron chi connectivity index (χ0n) is 26.1. The summed E-state index contributed by atoms with van der Waals surface area (Å²) in [5, 5.41) is 20.4. The predicted molar refractivity (Wildman–Crippen MR) is 176 cm³/mol. The van der Waals surface area contributed by atoms with Crippen LogP contribution in [0.3, 0.4) is 0 Å². The number of benzene rings is 2. The van der Waals surface area contributed by atoms with Gasteiger partial charge in [-0.3, -0.25) is 14.3 Å². The molecule has 0 spiro atoms. The van der Waals surface area contributed by atoms with Crippen LogP contribution in [0.1, 0.15) is 57.2 Å². The van der Waals surface area contributed by atoms with Crippen LogP contribution in [0.2, 0.25) is 5.02 Å². The maximum Gasteiger partial charge on any atom is 0.251 e. The number of methoxy groups -OCH3 is 1. The number of amides is 2. The maximum absolute atomic E-state index is 15.3. The molecule has 0 bridgehead atoms. The van der Waals surface area contributed by atoms with Crippen molar-refractivity contribution in [3.63, 3.8) is 0 Å². The van der Waals surface area contributed by atoms with Crippen molar-refractivity contribution >= 4 is 45.7 Å². The maximum atomic E-state index is 15.3. The van der Waals surface area contributed by atoms with Gasteiger partial charge in [0.15, 0.2) is 5.60 Å². The van der Waals surface area contributed by atoms with Gasteiger partial charge in [-0.2, -0.15) is 5.10 Å². The third-order valence-corrected chi connectivity index (χ3v) is 10.4. The normalized spacial score (nSPS) is 18.3. The first-order valence-corrected chi connectivity index (χ1v) is 16.3. The Morgan fingerprint density at radius 2 is 2.00 bits per heavy atom. The van der Waals surface area contributed by atoms with Gasteiger partial charge in [-0.15, -0.1) is 11.3 Å². The predicted octanol–water partition coefficient (Wildman–Crippen LogP) is 5.54. The zero-order valence-corrected chi connectivity index (χ0v) is 27.6. The Morgan fingerprint density at radius 3 is 2.67 bits per heavy atom. The SMILES string of the molecule is COc1cc(C(=O)NCC(O)(c2cc3c(c(-c4cc(Cl)c(F)cc4F)n2)OC[C@]3(C)C(N)=O)c2ccc(C)s2)cc2cn(C3CC3)nc12. The standard InChI is InChI=1S/C34H30ClF2N5O5S/c1-16-4-7-27(48-16)34(45,14-39-31(43)17-8-18-13-42(19-5-6-19)41-28(18)25(9-17)46-3)26-11-21-30(47-15-33(21,2)32(38)44)29(40-26)20-10-22(35)24(37)12-23(20)36/h4,7-13,19,45H,5-6,14-15H2,1-3H3,(H2,38,44)(H,39,43)/t33-,34?/m0/s1. The molecule has 7 rings (SSSR count). The van der Waals surface area contributed by atoms with Gasteiger partial charge in [-0.25, -0.2) is 13.8 Å². The minimum atomic E-state index is -2.00. The van der Waals surface area contributed by atoms with E-state index >= 15 is 4.39 Å². The van der Waals surface area contributed by atoms with Gasteiger partial charge in [0.2, 0.25) is 5.91 Å². The molecule has 2 aliphatic rings. The van der Waals surface area contributed by atoms with Crippen molar-refractivity contribution in [2.24, 2.45) is 5.73 Å². The van der Waals surface area contributed by atoms with E-state index in [1.165, 1.54) is 24.5 Å². The molecule has 2 amide bonds. The molecule has 1 aliphatic heterocycles. The second kappa shape index (κ2) is 11.5. The van der Waals surface area contributed by atoms with Crippen molar-refractivity contribution in [2.45, 2.75) is 43.7 Å². The third-order valence-electron chi connectivity index (χ3n) is 8.95. The molecule has 4 heterocycles. The lowest BCUT2D eigenvalue weighted by molar-refractivity contribution is -0.123. The first kappa shape index (κ1) is 32.0. The molecule has 4 N–H and O–H groups in total. The molecule has 1 fully saturated rings.